The molecule has 0 aromatic carbocycles. The Bertz CT molecular complexity index is 585. The van der Waals surface area contributed by atoms with Crippen molar-refractivity contribution in [2.45, 2.75) is 37.8 Å². The van der Waals surface area contributed by atoms with E-state index in [0.717, 1.165) is 31.4 Å². The lowest BCUT2D eigenvalue weighted by molar-refractivity contribution is -0.0770. The van der Waals surface area contributed by atoms with Gasteiger partial charge in [-0.15, -0.1) is 0 Å². The van der Waals surface area contributed by atoms with Crippen LogP contribution < -0.4 is 5.73 Å². The predicted molar refractivity (Wildman–Crippen MR) is 70.7 cm³/mol. The highest BCUT2D eigenvalue weighted by atomic mass is 16.5. The van der Waals surface area contributed by atoms with E-state index >= 15 is 0 Å². The Morgan fingerprint density at radius 3 is 2.95 bits per heavy atom. The minimum Gasteiger partial charge on any atom is -0.367 e. The molecule has 108 valence electrons. The van der Waals surface area contributed by atoms with Crippen molar-refractivity contribution in [2.24, 2.45) is 12.8 Å². The summed E-state index contributed by atoms with van der Waals surface area (Å²) < 4.78 is 12.8. The van der Waals surface area contributed by atoms with Crippen LogP contribution >= 0.6 is 0 Å². The van der Waals surface area contributed by atoms with Gasteiger partial charge in [0.25, 0.3) is 0 Å². The number of aryl methyl sites for hydroxylation is 1. The van der Waals surface area contributed by atoms with Crippen molar-refractivity contribution in [2.75, 3.05) is 6.61 Å². The van der Waals surface area contributed by atoms with Crippen LogP contribution in [0.25, 0.3) is 0 Å². The standard InChI is InChI=1S/C13H19N5O2/c1-13(5-3-4-6-19-13)12-16-11(20-17-12)10(14)9-7-15-18(2)8-9/h7-8,10H,3-6,14H2,1-2H3. The second-order valence-electron chi connectivity index (χ2n) is 5.42. The van der Waals surface area contributed by atoms with Gasteiger partial charge in [-0.3, -0.25) is 4.68 Å². The second kappa shape index (κ2) is 4.99. The molecule has 2 aromatic rings. The van der Waals surface area contributed by atoms with E-state index in [-0.39, 0.29) is 0 Å². The monoisotopic (exact) mass is 277 g/mol. The van der Waals surface area contributed by atoms with Crippen molar-refractivity contribution >= 4 is 0 Å². The number of nitrogens with zero attached hydrogens (tertiary/aromatic N) is 4. The molecule has 0 aliphatic carbocycles. The first kappa shape index (κ1) is 13.3. The Labute approximate surface area is 117 Å². The van der Waals surface area contributed by atoms with Gasteiger partial charge in [-0.25, -0.2) is 0 Å². The van der Waals surface area contributed by atoms with E-state index in [1.54, 1.807) is 10.9 Å². The molecular formula is C13H19N5O2. The van der Waals surface area contributed by atoms with Crippen LogP contribution in [-0.2, 0) is 17.4 Å². The van der Waals surface area contributed by atoms with Crippen LogP contribution in [0, 0.1) is 0 Å². The maximum Gasteiger partial charge on any atom is 0.248 e. The van der Waals surface area contributed by atoms with E-state index < -0.39 is 11.6 Å². The fourth-order valence-electron chi connectivity index (χ4n) is 2.43. The molecule has 0 spiro atoms. The van der Waals surface area contributed by atoms with Gasteiger partial charge in [-0.05, 0) is 26.2 Å². The summed E-state index contributed by atoms with van der Waals surface area (Å²) in [6.07, 6.45) is 6.62. The average Bonchev–Trinajstić information content (AvgIpc) is 3.08. The molecule has 1 fully saturated rings. The molecule has 2 unspecified atom stereocenters. The number of nitrogens with two attached hydrogens (primary N) is 1. The largest absolute Gasteiger partial charge is 0.367 e. The lowest BCUT2D eigenvalue weighted by Gasteiger charge is -2.30. The third-order valence-corrected chi connectivity index (χ3v) is 3.73. The summed E-state index contributed by atoms with van der Waals surface area (Å²) in [7, 11) is 1.84. The summed E-state index contributed by atoms with van der Waals surface area (Å²) >= 11 is 0. The van der Waals surface area contributed by atoms with Gasteiger partial charge in [-0.1, -0.05) is 5.16 Å². The molecule has 7 heteroatoms. The zero-order chi connectivity index (χ0) is 14.2. The van der Waals surface area contributed by atoms with Gasteiger partial charge in [0.1, 0.15) is 11.6 Å². The van der Waals surface area contributed by atoms with Crippen molar-refractivity contribution in [3.8, 4) is 0 Å². The molecule has 1 saturated heterocycles. The van der Waals surface area contributed by atoms with Crippen LogP contribution in [-0.4, -0.2) is 26.5 Å². The number of hydrogen-bond donors (Lipinski definition) is 1. The molecule has 1 aliphatic rings. The summed E-state index contributed by atoms with van der Waals surface area (Å²) in [5, 5.41) is 8.14. The van der Waals surface area contributed by atoms with Gasteiger partial charge in [0.15, 0.2) is 0 Å². The van der Waals surface area contributed by atoms with Crippen molar-refractivity contribution in [1.29, 1.82) is 0 Å². The molecule has 1 aliphatic heterocycles. The summed E-state index contributed by atoms with van der Waals surface area (Å²) in [6.45, 7) is 2.73. The van der Waals surface area contributed by atoms with Crippen LogP contribution in [0.3, 0.4) is 0 Å². The van der Waals surface area contributed by atoms with Gasteiger partial charge < -0.3 is 15.0 Å². The van der Waals surface area contributed by atoms with Crippen LogP contribution in [0.5, 0.6) is 0 Å². The molecule has 3 heterocycles. The molecule has 7 nitrogen and oxygen atoms in total. The topological polar surface area (TPSA) is 92.0 Å². The zero-order valence-electron chi connectivity index (χ0n) is 11.7. The molecule has 20 heavy (non-hydrogen) atoms. The Hall–Kier alpha value is -1.73. The first-order valence-corrected chi connectivity index (χ1v) is 6.81. The number of ether oxygens (including phenoxy) is 1. The number of aromatic nitrogens is 4. The van der Waals surface area contributed by atoms with E-state index in [0.29, 0.717) is 11.7 Å². The Kier molecular flexibility index (Phi) is 3.31. The molecular weight excluding hydrogens is 258 g/mol. The molecule has 2 N–H and O–H groups in total. The van der Waals surface area contributed by atoms with Gasteiger partial charge in [0.2, 0.25) is 11.7 Å². The molecule has 0 amide bonds. The summed E-state index contributed by atoms with van der Waals surface area (Å²) in [6, 6.07) is -0.461. The van der Waals surface area contributed by atoms with Gasteiger partial charge in [0.05, 0.1) is 6.20 Å². The number of hydrogen-bond acceptors (Lipinski definition) is 6. The second-order valence-corrected chi connectivity index (χ2v) is 5.42. The number of rotatable bonds is 3. The van der Waals surface area contributed by atoms with Crippen molar-refractivity contribution in [3.05, 3.63) is 29.7 Å². The fraction of sp³-hybridized carbons (Fsp3) is 0.615. The van der Waals surface area contributed by atoms with Crippen molar-refractivity contribution < 1.29 is 9.26 Å². The SMILES string of the molecule is Cn1cc(C(N)c2nc(C3(C)CCCCO3)no2)cn1. The fourth-order valence-corrected chi connectivity index (χ4v) is 2.43. The van der Waals surface area contributed by atoms with E-state index in [1.807, 2.05) is 20.2 Å². The van der Waals surface area contributed by atoms with Crippen LogP contribution in [0.15, 0.2) is 16.9 Å². The van der Waals surface area contributed by atoms with Crippen LogP contribution in [0.2, 0.25) is 0 Å². The van der Waals surface area contributed by atoms with E-state index in [2.05, 4.69) is 15.2 Å². The smallest absolute Gasteiger partial charge is 0.248 e. The average molecular weight is 277 g/mol. The van der Waals surface area contributed by atoms with Crippen molar-refractivity contribution in [3.63, 3.8) is 0 Å². The highest BCUT2D eigenvalue weighted by Gasteiger charge is 2.35. The minimum atomic E-state index is -0.464. The van der Waals surface area contributed by atoms with Crippen LogP contribution in [0.4, 0.5) is 0 Å². The zero-order valence-corrected chi connectivity index (χ0v) is 11.7. The van der Waals surface area contributed by atoms with E-state index in [9.17, 15) is 0 Å². The minimum absolute atomic E-state index is 0.392. The normalized spacial score (nSPS) is 24.8. The lowest BCUT2D eigenvalue weighted by atomic mass is 9.95. The first-order valence-electron chi connectivity index (χ1n) is 6.81. The van der Waals surface area contributed by atoms with Gasteiger partial charge in [0, 0.05) is 25.4 Å². The Balaban J connectivity index is 1.82. The molecule has 2 atom stereocenters. The highest BCUT2D eigenvalue weighted by molar-refractivity contribution is 5.17. The predicted octanol–water partition coefficient (Wildman–Crippen LogP) is 1.27. The molecule has 2 aromatic heterocycles. The Morgan fingerprint density at radius 1 is 1.45 bits per heavy atom. The summed E-state index contributed by atoms with van der Waals surface area (Å²) in [5.41, 5.74) is 6.51. The van der Waals surface area contributed by atoms with E-state index in [4.69, 9.17) is 15.0 Å². The third kappa shape index (κ3) is 2.34. The quantitative estimate of drug-likeness (QED) is 0.908. The molecule has 0 radical (unpaired) electrons. The van der Waals surface area contributed by atoms with Crippen LogP contribution in [0.1, 0.15) is 49.5 Å². The van der Waals surface area contributed by atoms with E-state index in [1.165, 1.54) is 0 Å². The molecule has 0 bridgehead atoms. The highest BCUT2D eigenvalue weighted by Crippen LogP contribution is 2.33. The summed E-state index contributed by atoms with van der Waals surface area (Å²) in [5.74, 6) is 0.968. The van der Waals surface area contributed by atoms with Gasteiger partial charge in [-0.2, -0.15) is 10.1 Å². The molecule has 0 saturated carbocycles. The maximum atomic E-state index is 6.13. The third-order valence-electron chi connectivity index (χ3n) is 3.73. The lowest BCUT2D eigenvalue weighted by Crippen LogP contribution is -2.31. The first-order chi connectivity index (χ1) is 9.58. The molecule has 3 rings (SSSR count). The maximum absolute atomic E-state index is 6.13. The summed E-state index contributed by atoms with van der Waals surface area (Å²) in [4.78, 5) is 4.43. The van der Waals surface area contributed by atoms with Gasteiger partial charge >= 0.3 is 0 Å². The van der Waals surface area contributed by atoms with Crippen molar-refractivity contribution in [1.82, 2.24) is 19.9 Å². The Morgan fingerprint density at radius 2 is 2.30 bits per heavy atom.